The first-order valence-electron chi connectivity index (χ1n) is 9.79. The minimum absolute atomic E-state index is 0.0695. The van der Waals surface area contributed by atoms with E-state index in [1.54, 1.807) is 0 Å². The maximum Gasteiger partial charge on any atom is 0.244 e. The number of nitrogens with zero attached hydrogens (tertiary/aromatic N) is 1. The first-order valence-corrected chi connectivity index (χ1v) is 9.79. The second-order valence-corrected chi connectivity index (χ2v) is 9.03. The molecule has 4 saturated carbocycles. The number of likely N-dealkylation sites (N-methyl/N-ethyl adjacent to an activating group) is 1. The first-order chi connectivity index (χ1) is 11.5. The van der Waals surface area contributed by atoms with Crippen molar-refractivity contribution in [3.63, 3.8) is 0 Å². The molecule has 4 bridgehead atoms. The van der Waals surface area contributed by atoms with Crippen LogP contribution in [0.4, 0.5) is 0 Å². The smallest absolute Gasteiger partial charge is 0.244 e. The van der Waals surface area contributed by atoms with Crippen molar-refractivity contribution in [2.75, 3.05) is 33.3 Å². The van der Waals surface area contributed by atoms with Crippen molar-refractivity contribution in [1.29, 1.82) is 0 Å². The number of amides is 1. The fourth-order valence-electron chi connectivity index (χ4n) is 6.20. The number of hydrogen-bond donors (Lipinski definition) is 1. The molecule has 134 valence electrons. The molecule has 4 aliphatic carbocycles. The Kier molecular flexibility index (Phi) is 4.46. The largest absolute Gasteiger partial charge is 0.374 e. The Morgan fingerprint density at radius 3 is 2.42 bits per heavy atom. The van der Waals surface area contributed by atoms with Gasteiger partial charge in [0, 0.05) is 25.7 Å². The molecule has 4 nitrogen and oxygen atoms in total. The Morgan fingerprint density at radius 1 is 1.21 bits per heavy atom. The third-order valence-corrected chi connectivity index (χ3v) is 7.07. The van der Waals surface area contributed by atoms with Crippen molar-refractivity contribution in [1.82, 2.24) is 10.2 Å². The summed E-state index contributed by atoms with van der Waals surface area (Å²) in [7, 11) is 2.11. The summed E-state index contributed by atoms with van der Waals surface area (Å²) in [5, 5.41) is 3.07. The van der Waals surface area contributed by atoms with E-state index in [9.17, 15) is 4.79 Å². The van der Waals surface area contributed by atoms with Gasteiger partial charge in [0.15, 0.2) is 0 Å². The first kappa shape index (κ1) is 16.6. The standard InChI is InChI=1S/C20H32N2O2/c1-14(5-19(23)21-12-18-13-22(2)3-4-24-18)20-9-15-6-16(10-20)8-17(7-15)11-20/h5,15-18H,3-4,6-13H2,1-2H3,(H,21,23). The molecule has 0 aromatic carbocycles. The Balaban J connectivity index is 1.35. The van der Waals surface area contributed by atoms with Crippen LogP contribution < -0.4 is 5.32 Å². The van der Waals surface area contributed by atoms with E-state index in [0.717, 1.165) is 37.5 Å². The zero-order chi connectivity index (χ0) is 16.7. The number of carbonyl (C=O) groups excluding carboxylic acids is 1. The lowest BCUT2D eigenvalue weighted by Gasteiger charge is -2.57. The molecule has 5 aliphatic rings. The molecule has 1 atom stereocenters. The number of nitrogens with one attached hydrogen (secondary N) is 1. The predicted molar refractivity (Wildman–Crippen MR) is 94.6 cm³/mol. The number of morpholine rings is 1. The molecular formula is C20H32N2O2. The second kappa shape index (κ2) is 6.45. The van der Waals surface area contributed by atoms with Crippen LogP contribution in [0.3, 0.4) is 0 Å². The van der Waals surface area contributed by atoms with Crippen LogP contribution in [0, 0.1) is 23.2 Å². The van der Waals surface area contributed by atoms with Gasteiger partial charge in [-0.25, -0.2) is 0 Å². The zero-order valence-electron chi connectivity index (χ0n) is 15.2. The maximum absolute atomic E-state index is 12.4. The summed E-state index contributed by atoms with van der Waals surface area (Å²) in [4.78, 5) is 14.7. The van der Waals surface area contributed by atoms with Crippen molar-refractivity contribution < 1.29 is 9.53 Å². The molecule has 1 N–H and O–H groups in total. The van der Waals surface area contributed by atoms with E-state index >= 15 is 0 Å². The number of rotatable bonds is 4. The summed E-state index contributed by atoms with van der Waals surface area (Å²) in [6.07, 6.45) is 10.4. The molecule has 1 aliphatic heterocycles. The van der Waals surface area contributed by atoms with Gasteiger partial charge in [-0.2, -0.15) is 0 Å². The number of carbonyl (C=O) groups is 1. The lowest BCUT2D eigenvalue weighted by molar-refractivity contribution is -0.117. The average Bonchev–Trinajstić information content (AvgIpc) is 2.52. The summed E-state index contributed by atoms with van der Waals surface area (Å²) in [6, 6.07) is 0. The van der Waals surface area contributed by atoms with E-state index in [1.165, 1.54) is 44.1 Å². The Labute approximate surface area is 146 Å². The van der Waals surface area contributed by atoms with Crippen molar-refractivity contribution in [3.8, 4) is 0 Å². The highest BCUT2D eigenvalue weighted by Gasteiger charge is 2.51. The quantitative estimate of drug-likeness (QED) is 0.805. The van der Waals surface area contributed by atoms with Gasteiger partial charge >= 0.3 is 0 Å². The van der Waals surface area contributed by atoms with Gasteiger partial charge in [-0.1, -0.05) is 5.57 Å². The molecule has 4 heteroatoms. The molecule has 1 heterocycles. The second-order valence-electron chi connectivity index (χ2n) is 9.03. The van der Waals surface area contributed by atoms with E-state index in [-0.39, 0.29) is 12.0 Å². The SMILES string of the molecule is CC(=CC(=O)NCC1CN(C)CCO1)C12CC3CC(CC(C3)C1)C2. The normalized spacial score (nSPS) is 42.3. The van der Waals surface area contributed by atoms with E-state index in [2.05, 4.69) is 24.2 Å². The van der Waals surface area contributed by atoms with Gasteiger partial charge in [-0.05, 0) is 75.7 Å². The van der Waals surface area contributed by atoms with Gasteiger partial charge in [0.1, 0.15) is 0 Å². The van der Waals surface area contributed by atoms with Crippen molar-refractivity contribution >= 4 is 5.91 Å². The highest BCUT2D eigenvalue weighted by atomic mass is 16.5. The fraction of sp³-hybridized carbons (Fsp3) is 0.850. The van der Waals surface area contributed by atoms with E-state index < -0.39 is 0 Å². The minimum atomic E-state index is 0.0695. The molecule has 1 saturated heterocycles. The Bertz CT molecular complexity index is 492. The number of hydrogen-bond acceptors (Lipinski definition) is 3. The van der Waals surface area contributed by atoms with Gasteiger partial charge in [0.2, 0.25) is 5.91 Å². The van der Waals surface area contributed by atoms with Crippen LogP contribution in [-0.4, -0.2) is 50.2 Å². The van der Waals surface area contributed by atoms with Gasteiger partial charge in [0.25, 0.3) is 0 Å². The Hall–Kier alpha value is -0.870. The van der Waals surface area contributed by atoms with Crippen LogP contribution >= 0.6 is 0 Å². The van der Waals surface area contributed by atoms with Gasteiger partial charge in [0.05, 0.1) is 12.7 Å². The molecule has 24 heavy (non-hydrogen) atoms. The number of allylic oxidation sites excluding steroid dienone is 1. The predicted octanol–water partition coefficient (Wildman–Crippen LogP) is 2.60. The molecule has 0 aromatic rings. The third-order valence-electron chi connectivity index (χ3n) is 7.07. The van der Waals surface area contributed by atoms with Crippen LogP contribution in [-0.2, 0) is 9.53 Å². The van der Waals surface area contributed by atoms with Crippen molar-refractivity contribution in [3.05, 3.63) is 11.6 Å². The van der Waals surface area contributed by atoms with Gasteiger partial charge < -0.3 is 15.0 Å². The molecule has 1 unspecified atom stereocenters. The molecule has 5 rings (SSSR count). The van der Waals surface area contributed by atoms with E-state index in [4.69, 9.17) is 4.74 Å². The van der Waals surface area contributed by atoms with Crippen LogP contribution in [0.15, 0.2) is 11.6 Å². The summed E-state index contributed by atoms with van der Waals surface area (Å²) >= 11 is 0. The van der Waals surface area contributed by atoms with Crippen LogP contribution in [0.5, 0.6) is 0 Å². The third kappa shape index (κ3) is 3.28. The molecule has 5 fully saturated rings. The molecule has 1 amide bonds. The molecule has 0 aromatic heterocycles. The topological polar surface area (TPSA) is 41.6 Å². The lowest BCUT2D eigenvalue weighted by atomic mass is 9.48. The maximum atomic E-state index is 12.4. The van der Waals surface area contributed by atoms with Crippen molar-refractivity contribution in [2.24, 2.45) is 23.2 Å². The molecule has 0 spiro atoms. The summed E-state index contributed by atoms with van der Waals surface area (Å²) in [5.41, 5.74) is 1.67. The summed E-state index contributed by atoms with van der Waals surface area (Å²) in [6.45, 7) is 5.47. The monoisotopic (exact) mass is 332 g/mol. The van der Waals surface area contributed by atoms with Crippen LogP contribution in [0.2, 0.25) is 0 Å². The van der Waals surface area contributed by atoms with Gasteiger partial charge in [-0.3, -0.25) is 4.79 Å². The number of ether oxygens (including phenoxy) is 1. The lowest BCUT2D eigenvalue weighted by Crippen LogP contribution is -2.47. The van der Waals surface area contributed by atoms with Crippen LogP contribution in [0.1, 0.15) is 45.4 Å². The fourth-order valence-corrected chi connectivity index (χ4v) is 6.20. The average molecular weight is 332 g/mol. The van der Waals surface area contributed by atoms with E-state index in [0.29, 0.717) is 12.0 Å². The summed E-state index contributed by atoms with van der Waals surface area (Å²) < 4.78 is 5.73. The minimum Gasteiger partial charge on any atom is -0.374 e. The van der Waals surface area contributed by atoms with E-state index in [1.807, 2.05) is 6.08 Å². The zero-order valence-corrected chi connectivity index (χ0v) is 15.2. The summed E-state index contributed by atoms with van der Waals surface area (Å²) in [5.74, 6) is 2.84. The molecule has 0 radical (unpaired) electrons. The highest BCUT2D eigenvalue weighted by Crippen LogP contribution is 2.62. The van der Waals surface area contributed by atoms with Crippen LogP contribution in [0.25, 0.3) is 0 Å². The van der Waals surface area contributed by atoms with Crippen molar-refractivity contribution in [2.45, 2.75) is 51.6 Å². The van der Waals surface area contributed by atoms with Gasteiger partial charge in [-0.15, -0.1) is 0 Å². The highest BCUT2D eigenvalue weighted by molar-refractivity contribution is 5.88. The Morgan fingerprint density at radius 2 is 1.83 bits per heavy atom. The molecular weight excluding hydrogens is 300 g/mol.